The van der Waals surface area contributed by atoms with Crippen molar-refractivity contribution in [3.63, 3.8) is 0 Å². The third-order valence-electron chi connectivity index (χ3n) is 6.79. The van der Waals surface area contributed by atoms with Gasteiger partial charge in [0.05, 0.1) is 18.7 Å². The average molecular weight is 475 g/mol. The Morgan fingerprint density at radius 2 is 1.86 bits per heavy atom. The van der Waals surface area contributed by atoms with Crippen molar-refractivity contribution in [2.24, 2.45) is 0 Å². The van der Waals surface area contributed by atoms with Gasteiger partial charge in [-0.25, -0.2) is 4.68 Å². The Morgan fingerprint density at radius 3 is 2.54 bits per heavy atom. The second kappa shape index (κ2) is 10.4. The van der Waals surface area contributed by atoms with Crippen LogP contribution in [0.2, 0.25) is 0 Å². The molecule has 2 aromatic carbocycles. The van der Waals surface area contributed by atoms with Crippen LogP contribution in [0.1, 0.15) is 63.5 Å². The summed E-state index contributed by atoms with van der Waals surface area (Å²) in [6.45, 7) is 9.67. The molecule has 0 saturated heterocycles. The van der Waals surface area contributed by atoms with Gasteiger partial charge in [-0.1, -0.05) is 44.2 Å². The standard InChI is InChI=1S/C27H34N6O2/c1-6-24(25-29-30-31-33(25)27(3,4)7-2)32(17-19-11-9-8-10-12-19)18-21-15-20-16-22(35-5)13-14-23(20)28-26(21)34/h8-16,24H,6-7,17-18H2,1-5H3,(H,28,34). The Balaban J connectivity index is 1.77. The van der Waals surface area contributed by atoms with Crippen LogP contribution >= 0.6 is 0 Å². The van der Waals surface area contributed by atoms with Crippen molar-refractivity contribution in [2.45, 2.75) is 65.2 Å². The lowest BCUT2D eigenvalue weighted by molar-refractivity contribution is 0.150. The van der Waals surface area contributed by atoms with Gasteiger partial charge >= 0.3 is 0 Å². The van der Waals surface area contributed by atoms with Crippen LogP contribution in [0.3, 0.4) is 0 Å². The zero-order chi connectivity index (χ0) is 25.0. The van der Waals surface area contributed by atoms with Gasteiger partial charge in [-0.2, -0.15) is 0 Å². The topological polar surface area (TPSA) is 88.9 Å². The molecule has 1 atom stereocenters. The number of benzene rings is 2. The number of nitrogens with one attached hydrogen (secondary N) is 1. The fraction of sp³-hybridized carbons (Fsp3) is 0.407. The normalized spacial score (nSPS) is 12.9. The first-order valence-corrected chi connectivity index (χ1v) is 12.1. The molecule has 35 heavy (non-hydrogen) atoms. The molecular formula is C27H34N6O2. The molecule has 0 aliphatic heterocycles. The summed E-state index contributed by atoms with van der Waals surface area (Å²) in [6, 6.07) is 17.8. The maximum atomic E-state index is 13.1. The van der Waals surface area contributed by atoms with Gasteiger partial charge in [0.2, 0.25) is 0 Å². The van der Waals surface area contributed by atoms with E-state index in [9.17, 15) is 4.79 Å². The monoisotopic (exact) mass is 474 g/mol. The molecule has 2 heterocycles. The summed E-state index contributed by atoms with van der Waals surface area (Å²) >= 11 is 0. The number of ether oxygens (including phenoxy) is 1. The van der Waals surface area contributed by atoms with Gasteiger partial charge in [-0.15, -0.1) is 5.10 Å². The third-order valence-corrected chi connectivity index (χ3v) is 6.79. The summed E-state index contributed by atoms with van der Waals surface area (Å²) in [4.78, 5) is 18.4. The number of hydrogen-bond donors (Lipinski definition) is 1. The number of pyridine rings is 1. The average Bonchev–Trinajstić information content (AvgIpc) is 3.36. The number of aromatic nitrogens is 5. The smallest absolute Gasteiger partial charge is 0.252 e. The second-order valence-electron chi connectivity index (χ2n) is 9.51. The van der Waals surface area contributed by atoms with Crippen LogP contribution in [0.4, 0.5) is 0 Å². The van der Waals surface area contributed by atoms with Crippen LogP contribution in [-0.2, 0) is 18.6 Å². The Hall–Kier alpha value is -3.52. The fourth-order valence-electron chi connectivity index (χ4n) is 4.37. The van der Waals surface area contributed by atoms with E-state index < -0.39 is 0 Å². The summed E-state index contributed by atoms with van der Waals surface area (Å²) in [6.07, 6.45) is 1.69. The van der Waals surface area contributed by atoms with Crippen molar-refractivity contribution in [1.82, 2.24) is 30.1 Å². The summed E-state index contributed by atoms with van der Waals surface area (Å²) in [7, 11) is 1.64. The van der Waals surface area contributed by atoms with Crippen LogP contribution in [0.25, 0.3) is 10.9 Å². The van der Waals surface area contributed by atoms with Crippen LogP contribution in [-0.4, -0.2) is 37.2 Å². The molecule has 0 fully saturated rings. The summed E-state index contributed by atoms with van der Waals surface area (Å²) < 4.78 is 7.32. The minimum Gasteiger partial charge on any atom is -0.497 e. The first-order chi connectivity index (χ1) is 16.9. The zero-order valence-corrected chi connectivity index (χ0v) is 21.2. The molecule has 0 aliphatic carbocycles. The van der Waals surface area contributed by atoms with Gasteiger partial charge in [-0.05, 0) is 66.9 Å². The van der Waals surface area contributed by atoms with E-state index in [0.29, 0.717) is 18.7 Å². The Kier molecular flexibility index (Phi) is 7.31. The van der Waals surface area contributed by atoms with Crippen molar-refractivity contribution >= 4 is 10.9 Å². The number of tetrazole rings is 1. The molecule has 0 amide bonds. The van der Waals surface area contributed by atoms with Crippen molar-refractivity contribution < 1.29 is 4.74 Å². The largest absolute Gasteiger partial charge is 0.497 e. The highest BCUT2D eigenvalue weighted by atomic mass is 16.5. The number of nitrogens with zero attached hydrogens (tertiary/aromatic N) is 5. The maximum Gasteiger partial charge on any atom is 0.252 e. The van der Waals surface area contributed by atoms with Crippen molar-refractivity contribution in [2.75, 3.05) is 7.11 Å². The minimum absolute atomic E-state index is 0.0727. The Morgan fingerprint density at radius 1 is 1.09 bits per heavy atom. The van der Waals surface area contributed by atoms with Crippen molar-refractivity contribution in [1.29, 1.82) is 0 Å². The molecule has 0 aliphatic rings. The van der Waals surface area contributed by atoms with Crippen LogP contribution in [0, 0.1) is 0 Å². The molecular weight excluding hydrogens is 440 g/mol. The zero-order valence-electron chi connectivity index (χ0n) is 21.2. The van der Waals surface area contributed by atoms with Crippen LogP contribution in [0.15, 0.2) is 59.4 Å². The van der Waals surface area contributed by atoms with E-state index in [0.717, 1.165) is 35.3 Å². The predicted octanol–water partition coefficient (Wildman–Crippen LogP) is 4.82. The summed E-state index contributed by atoms with van der Waals surface area (Å²) in [5, 5.41) is 13.8. The Labute approximate surface area is 205 Å². The van der Waals surface area contributed by atoms with Gasteiger partial charge in [0.1, 0.15) is 5.75 Å². The third kappa shape index (κ3) is 5.27. The van der Waals surface area contributed by atoms with Gasteiger partial charge in [0.25, 0.3) is 5.56 Å². The summed E-state index contributed by atoms with van der Waals surface area (Å²) in [5.74, 6) is 1.57. The summed E-state index contributed by atoms with van der Waals surface area (Å²) in [5.41, 5.74) is 2.33. The molecule has 0 spiro atoms. The molecule has 1 N–H and O–H groups in total. The predicted molar refractivity (Wildman–Crippen MR) is 137 cm³/mol. The lowest BCUT2D eigenvalue weighted by Gasteiger charge is -2.33. The number of rotatable bonds is 10. The molecule has 0 bridgehead atoms. The van der Waals surface area contributed by atoms with E-state index in [1.54, 1.807) is 7.11 Å². The molecule has 1 unspecified atom stereocenters. The van der Waals surface area contributed by atoms with E-state index in [2.05, 4.69) is 65.2 Å². The van der Waals surface area contributed by atoms with Crippen LogP contribution in [0.5, 0.6) is 5.75 Å². The second-order valence-corrected chi connectivity index (χ2v) is 9.51. The van der Waals surface area contributed by atoms with E-state index in [-0.39, 0.29) is 17.1 Å². The molecule has 4 aromatic rings. The molecule has 0 saturated carbocycles. The van der Waals surface area contributed by atoms with E-state index in [1.807, 2.05) is 47.1 Å². The Bertz CT molecular complexity index is 1330. The number of fused-ring (bicyclic) bond motifs is 1. The highest BCUT2D eigenvalue weighted by Gasteiger charge is 2.31. The number of aromatic amines is 1. The van der Waals surface area contributed by atoms with Crippen molar-refractivity contribution in [3.8, 4) is 5.75 Å². The highest BCUT2D eigenvalue weighted by molar-refractivity contribution is 5.80. The fourth-order valence-corrected chi connectivity index (χ4v) is 4.37. The molecule has 184 valence electrons. The minimum atomic E-state index is -0.221. The first kappa shape index (κ1) is 24.6. The number of methoxy groups -OCH3 is 1. The molecule has 0 radical (unpaired) electrons. The van der Waals surface area contributed by atoms with Crippen LogP contribution < -0.4 is 10.3 Å². The number of hydrogen-bond acceptors (Lipinski definition) is 6. The lowest BCUT2D eigenvalue weighted by atomic mass is 10.0. The van der Waals surface area contributed by atoms with Gasteiger partial charge in [0.15, 0.2) is 5.82 Å². The van der Waals surface area contributed by atoms with Gasteiger partial charge in [-0.3, -0.25) is 9.69 Å². The lowest BCUT2D eigenvalue weighted by Crippen LogP contribution is -2.36. The first-order valence-electron chi connectivity index (χ1n) is 12.1. The van der Waals surface area contributed by atoms with Crippen molar-refractivity contribution in [3.05, 3.63) is 81.9 Å². The molecule has 8 heteroatoms. The molecule has 4 rings (SSSR count). The maximum absolute atomic E-state index is 13.1. The molecule has 8 nitrogen and oxygen atoms in total. The highest BCUT2D eigenvalue weighted by Crippen LogP contribution is 2.30. The van der Waals surface area contributed by atoms with E-state index in [1.165, 1.54) is 5.56 Å². The number of H-pyrrole nitrogens is 1. The SMILES string of the molecule is CCC(c1nnnn1C(C)(C)CC)N(Cc1ccccc1)Cc1cc2cc(OC)ccc2[nH]c1=O. The van der Waals surface area contributed by atoms with E-state index >= 15 is 0 Å². The van der Waals surface area contributed by atoms with E-state index in [4.69, 9.17) is 4.74 Å². The van der Waals surface area contributed by atoms with Gasteiger partial charge in [0, 0.05) is 29.6 Å². The quantitative estimate of drug-likeness (QED) is 0.354. The molecule has 2 aromatic heterocycles. The van der Waals surface area contributed by atoms with Gasteiger partial charge < -0.3 is 9.72 Å².